The number of anilines is 2. The molecule has 2 aromatic rings. The van der Waals surface area contributed by atoms with Crippen LogP contribution in [0.4, 0.5) is 11.6 Å². The maximum atomic E-state index is 4.55. The van der Waals surface area contributed by atoms with Gasteiger partial charge in [0.25, 0.3) is 0 Å². The molecule has 0 aliphatic carbocycles. The van der Waals surface area contributed by atoms with Crippen LogP contribution in [-0.2, 0) is 0 Å². The quantitative estimate of drug-likeness (QED) is 0.937. The molecule has 3 rings (SSSR count). The zero-order valence-electron chi connectivity index (χ0n) is 13.4. The van der Waals surface area contributed by atoms with Crippen molar-refractivity contribution in [1.82, 2.24) is 19.9 Å². The molecule has 0 spiro atoms. The van der Waals surface area contributed by atoms with Crippen LogP contribution in [0.25, 0.3) is 0 Å². The largest absolute Gasteiger partial charge is 0.367 e. The summed E-state index contributed by atoms with van der Waals surface area (Å²) in [5.74, 6) is 2.80. The van der Waals surface area contributed by atoms with Gasteiger partial charge >= 0.3 is 0 Å². The van der Waals surface area contributed by atoms with Gasteiger partial charge in [0.15, 0.2) is 0 Å². The Hall–Kier alpha value is -2.24. The van der Waals surface area contributed by atoms with E-state index in [0.717, 1.165) is 54.8 Å². The monoisotopic (exact) mass is 298 g/mol. The summed E-state index contributed by atoms with van der Waals surface area (Å²) in [6.45, 7) is 7.94. The Morgan fingerprint density at radius 2 is 1.77 bits per heavy atom. The molecular weight excluding hydrogens is 276 g/mol. The average Bonchev–Trinajstić information content (AvgIpc) is 2.47. The van der Waals surface area contributed by atoms with Gasteiger partial charge in [-0.2, -0.15) is 0 Å². The smallest absolute Gasteiger partial charge is 0.132 e. The van der Waals surface area contributed by atoms with Gasteiger partial charge < -0.3 is 10.2 Å². The van der Waals surface area contributed by atoms with Crippen LogP contribution in [0.5, 0.6) is 0 Å². The molecule has 0 atom stereocenters. The van der Waals surface area contributed by atoms with Crippen molar-refractivity contribution in [3.05, 3.63) is 35.7 Å². The number of nitrogens with one attached hydrogen (secondary N) is 1. The Kier molecular flexibility index (Phi) is 4.18. The second-order valence-electron chi connectivity index (χ2n) is 5.87. The molecule has 0 bridgehead atoms. The van der Waals surface area contributed by atoms with Gasteiger partial charge in [0, 0.05) is 42.7 Å². The Balaban J connectivity index is 1.60. The lowest BCUT2D eigenvalue weighted by Gasteiger charge is -2.33. The first-order valence-corrected chi connectivity index (χ1v) is 7.72. The standard InChI is InChI=1S/C16H22N6/c1-11-8-15(18-10-17-11)21-14-4-6-22(7-5-14)16-9-12(2)19-13(3)20-16/h8-10,14H,4-7H2,1-3H3,(H,17,18,21). The number of hydrogen-bond donors (Lipinski definition) is 1. The van der Waals surface area contributed by atoms with Crippen molar-refractivity contribution in [2.45, 2.75) is 39.7 Å². The molecule has 22 heavy (non-hydrogen) atoms. The summed E-state index contributed by atoms with van der Waals surface area (Å²) in [5.41, 5.74) is 2.01. The molecule has 6 nitrogen and oxygen atoms in total. The van der Waals surface area contributed by atoms with Gasteiger partial charge in [0.1, 0.15) is 23.8 Å². The van der Waals surface area contributed by atoms with E-state index in [1.807, 2.05) is 26.8 Å². The minimum absolute atomic E-state index is 0.453. The third-order valence-corrected chi connectivity index (χ3v) is 3.93. The van der Waals surface area contributed by atoms with Crippen LogP contribution in [0.3, 0.4) is 0 Å². The van der Waals surface area contributed by atoms with E-state index in [9.17, 15) is 0 Å². The van der Waals surface area contributed by atoms with Gasteiger partial charge in [-0.25, -0.2) is 19.9 Å². The molecule has 0 unspecified atom stereocenters. The van der Waals surface area contributed by atoms with Gasteiger partial charge in [-0.05, 0) is 33.6 Å². The topological polar surface area (TPSA) is 66.8 Å². The molecule has 1 N–H and O–H groups in total. The number of rotatable bonds is 3. The third-order valence-electron chi connectivity index (χ3n) is 3.93. The molecule has 3 heterocycles. The van der Waals surface area contributed by atoms with E-state index in [1.165, 1.54) is 0 Å². The number of nitrogens with zero attached hydrogens (tertiary/aromatic N) is 5. The molecule has 0 radical (unpaired) electrons. The lowest BCUT2D eigenvalue weighted by atomic mass is 10.0. The molecule has 0 aromatic carbocycles. The molecule has 1 aliphatic rings. The van der Waals surface area contributed by atoms with Crippen molar-refractivity contribution in [1.29, 1.82) is 0 Å². The molecule has 6 heteroatoms. The fourth-order valence-corrected chi connectivity index (χ4v) is 2.85. The highest BCUT2D eigenvalue weighted by Gasteiger charge is 2.20. The summed E-state index contributed by atoms with van der Waals surface area (Å²) in [5, 5.41) is 3.51. The van der Waals surface area contributed by atoms with Gasteiger partial charge in [0.05, 0.1) is 0 Å². The number of aromatic nitrogens is 4. The maximum Gasteiger partial charge on any atom is 0.132 e. The molecule has 0 saturated carbocycles. The fourth-order valence-electron chi connectivity index (χ4n) is 2.85. The first-order valence-electron chi connectivity index (χ1n) is 7.72. The summed E-state index contributed by atoms with van der Waals surface area (Å²) in [4.78, 5) is 19.6. The number of piperidine rings is 1. The lowest BCUT2D eigenvalue weighted by molar-refractivity contribution is 0.521. The highest BCUT2D eigenvalue weighted by Crippen LogP contribution is 2.20. The SMILES string of the molecule is Cc1cc(NC2CCN(c3cc(C)nc(C)n3)CC2)ncn1. The van der Waals surface area contributed by atoms with E-state index in [2.05, 4.69) is 36.2 Å². The first kappa shape index (κ1) is 14.7. The van der Waals surface area contributed by atoms with Crippen LogP contribution in [0.2, 0.25) is 0 Å². The summed E-state index contributed by atoms with van der Waals surface area (Å²) in [6, 6.07) is 4.51. The predicted molar refractivity (Wildman–Crippen MR) is 87.1 cm³/mol. The van der Waals surface area contributed by atoms with Gasteiger partial charge in [-0.1, -0.05) is 0 Å². The van der Waals surface area contributed by atoms with E-state index < -0.39 is 0 Å². The molecule has 1 fully saturated rings. The Bertz CT molecular complexity index is 629. The summed E-state index contributed by atoms with van der Waals surface area (Å²) in [7, 11) is 0. The first-order chi connectivity index (χ1) is 10.6. The van der Waals surface area contributed by atoms with Crippen molar-refractivity contribution in [3.8, 4) is 0 Å². The van der Waals surface area contributed by atoms with Crippen LogP contribution in [-0.4, -0.2) is 39.1 Å². The third kappa shape index (κ3) is 3.50. The second kappa shape index (κ2) is 6.25. The Labute approximate surface area is 131 Å². The molecule has 116 valence electrons. The molecule has 1 saturated heterocycles. The number of hydrogen-bond acceptors (Lipinski definition) is 6. The maximum absolute atomic E-state index is 4.55. The van der Waals surface area contributed by atoms with Crippen LogP contribution in [0.15, 0.2) is 18.5 Å². The van der Waals surface area contributed by atoms with Crippen molar-refractivity contribution >= 4 is 11.6 Å². The van der Waals surface area contributed by atoms with Crippen LogP contribution in [0, 0.1) is 20.8 Å². The second-order valence-corrected chi connectivity index (χ2v) is 5.87. The van der Waals surface area contributed by atoms with Crippen molar-refractivity contribution in [3.63, 3.8) is 0 Å². The minimum atomic E-state index is 0.453. The van der Waals surface area contributed by atoms with E-state index in [4.69, 9.17) is 0 Å². The Morgan fingerprint density at radius 1 is 1.00 bits per heavy atom. The fraction of sp³-hybridized carbons (Fsp3) is 0.500. The predicted octanol–water partition coefficient (Wildman–Crippen LogP) is 2.27. The summed E-state index contributed by atoms with van der Waals surface area (Å²) < 4.78 is 0. The molecule has 0 amide bonds. The highest BCUT2D eigenvalue weighted by molar-refractivity contribution is 5.41. The van der Waals surface area contributed by atoms with E-state index in [1.54, 1.807) is 6.33 Å². The summed E-state index contributed by atoms with van der Waals surface area (Å²) in [6.07, 6.45) is 3.76. The lowest BCUT2D eigenvalue weighted by Crippen LogP contribution is -2.39. The number of aryl methyl sites for hydroxylation is 3. The van der Waals surface area contributed by atoms with Gasteiger partial charge in [0.2, 0.25) is 0 Å². The minimum Gasteiger partial charge on any atom is -0.367 e. The van der Waals surface area contributed by atoms with Gasteiger partial charge in [-0.15, -0.1) is 0 Å². The Morgan fingerprint density at radius 3 is 2.45 bits per heavy atom. The van der Waals surface area contributed by atoms with Crippen molar-refractivity contribution in [2.24, 2.45) is 0 Å². The van der Waals surface area contributed by atoms with Crippen LogP contribution in [0.1, 0.15) is 30.1 Å². The normalized spacial score (nSPS) is 15.9. The zero-order valence-corrected chi connectivity index (χ0v) is 13.4. The zero-order chi connectivity index (χ0) is 15.5. The molecule has 1 aliphatic heterocycles. The average molecular weight is 298 g/mol. The van der Waals surface area contributed by atoms with E-state index in [0.29, 0.717) is 6.04 Å². The molecular formula is C16H22N6. The summed E-state index contributed by atoms with van der Waals surface area (Å²) >= 11 is 0. The van der Waals surface area contributed by atoms with Crippen LogP contribution < -0.4 is 10.2 Å². The molecule has 2 aromatic heterocycles. The van der Waals surface area contributed by atoms with Gasteiger partial charge in [-0.3, -0.25) is 0 Å². The van der Waals surface area contributed by atoms with E-state index >= 15 is 0 Å². The van der Waals surface area contributed by atoms with Crippen LogP contribution >= 0.6 is 0 Å². The highest BCUT2D eigenvalue weighted by atomic mass is 15.2. The van der Waals surface area contributed by atoms with E-state index in [-0.39, 0.29) is 0 Å². The van der Waals surface area contributed by atoms with Crippen molar-refractivity contribution in [2.75, 3.05) is 23.3 Å². The van der Waals surface area contributed by atoms with Crippen molar-refractivity contribution < 1.29 is 0 Å².